The lowest BCUT2D eigenvalue weighted by Crippen LogP contribution is -2.45. The quantitative estimate of drug-likeness (QED) is 0.532. The summed E-state index contributed by atoms with van der Waals surface area (Å²) in [5, 5.41) is 9.12. The standard InChI is InChI=1S/C29H28N4/c30-22-24-7-6-8-25(21-24)23-31-17-19-32(20-18-31)27-12-14-28(15-13-27)33-16-5-4-11-29(33)26-9-2-1-3-10-26/h1-16,21,29H,17-20,23H2. The van der Waals surface area contributed by atoms with Gasteiger partial charge in [0.25, 0.3) is 0 Å². The van der Waals surface area contributed by atoms with Crippen LogP contribution in [-0.2, 0) is 6.54 Å². The Morgan fingerprint density at radius 3 is 2.30 bits per heavy atom. The predicted octanol–water partition coefficient (Wildman–Crippen LogP) is 5.51. The van der Waals surface area contributed by atoms with E-state index in [0.717, 1.165) is 38.3 Å². The summed E-state index contributed by atoms with van der Waals surface area (Å²) in [6.07, 6.45) is 8.62. The van der Waals surface area contributed by atoms with Crippen molar-refractivity contribution in [2.45, 2.75) is 12.6 Å². The Labute approximate surface area is 196 Å². The monoisotopic (exact) mass is 432 g/mol. The van der Waals surface area contributed by atoms with Crippen LogP contribution in [0, 0.1) is 11.3 Å². The van der Waals surface area contributed by atoms with Crippen LogP contribution < -0.4 is 9.80 Å². The van der Waals surface area contributed by atoms with Gasteiger partial charge in [0, 0.05) is 50.3 Å². The first-order chi connectivity index (χ1) is 16.3. The summed E-state index contributed by atoms with van der Waals surface area (Å²) in [5.41, 5.74) is 5.71. The van der Waals surface area contributed by atoms with Gasteiger partial charge in [-0.15, -0.1) is 0 Å². The average Bonchev–Trinajstić information content (AvgIpc) is 2.90. The number of hydrogen-bond acceptors (Lipinski definition) is 4. The molecule has 0 amide bonds. The zero-order valence-electron chi connectivity index (χ0n) is 18.7. The topological polar surface area (TPSA) is 33.5 Å². The van der Waals surface area contributed by atoms with Crippen LogP contribution in [0.2, 0.25) is 0 Å². The Morgan fingerprint density at radius 1 is 0.788 bits per heavy atom. The summed E-state index contributed by atoms with van der Waals surface area (Å²) in [4.78, 5) is 7.26. The molecule has 4 nitrogen and oxygen atoms in total. The number of nitrogens with zero attached hydrogens (tertiary/aromatic N) is 4. The van der Waals surface area contributed by atoms with Crippen molar-refractivity contribution < 1.29 is 0 Å². The van der Waals surface area contributed by atoms with Gasteiger partial charge in [-0.3, -0.25) is 4.90 Å². The van der Waals surface area contributed by atoms with E-state index in [0.29, 0.717) is 0 Å². The highest BCUT2D eigenvalue weighted by molar-refractivity contribution is 5.60. The van der Waals surface area contributed by atoms with Crippen molar-refractivity contribution >= 4 is 11.4 Å². The minimum absolute atomic E-state index is 0.213. The summed E-state index contributed by atoms with van der Waals surface area (Å²) in [5.74, 6) is 0. The van der Waals surface area contributed by atoms with Crippen molar-refractivity contribution in [2.24, 2.45) is 0 Å². The van der Waals surface area contributed by atoms with Gasteiger partial charge in [0.15, 0.2) is 0 Å². The molecule has 3 aromatic rings. The molecule has 1 unspecified atom stereocenters. The maximum atomic E-state index is 9.12. The molecule has 0 spiro atoms. The van der Waals surface area contributed by atoms with E-state index in [-0.39, 0.29) is 6.04 Å². The number of allylic oxidation sites excluding steroid dienone is 2. The molecule has 33 heavy (non-hydrogen) atoms. The first-order valence-electron chi connectivity index (χ1n) is 11.5. The molecule has 2 aliphatic rings. The Bertz CT molecular complexity index is 1170. The molecule has 2 heterocycles. The summed E-state index contributed by atoms with van der Waals surface area (Å²) < 4.78 is 0. The van der Waals surface area contributed by atoms with Crippen LogP contribution in [0.4, 0.5) is 11.4 Å². The van der Waals surface area contributed by atoms with Crippen molar-refractivity contribution in [2.75, 3.05) is 36.0 Å². The van der Waals surface area contributed by atoms with Crippen LogP contribution in [0.15, 0.2) is 103 Å². The van der Waals surface area contributed by atoms with Gasteiger partial charge >= 0.3 is 0 Å². The van der Waals surface area contributed by atoms with E-state index in [1.165, 1.54) is 22.5 Å². The minimum atomic E-state index is 0.213. The normalized spacial score (nSPS) is 18.3. The fourth-order valence-corrected chi connectivity index (χ4v) is 4.66. The summed E-state index contributed by atoms with van der Waals surface area (Å²) in [6, 6.07) is 30.0. The fraction of sp³-hybridized carbons (Fsp3) is 0.207. The molecule has 1 saturated heterocycles. The van der Waals surface area contributed by atoms with E-state index in [4.69, 9.17) is 5.26 Å². The van der Waals surface area contributed by atoms with Crippen LogP contribution >= 0.6 is 0 Å². The Morgan fingerprint density at radius 2 is 1.55 bits per heavy atom. The summed E-state index contributed by atoms with van der Waals surface area (Å²) in [7, 11) is 0. The van der Waals surface area contributed by atoms with Crippen LogP contribution in [0.25, 0.3) is 0 Å². The van der Waals surface area contributed by atoms with E-state index in [9.17, 15) is 0 Å². The van der Waals surface area contributed by atoms with Crippen molar-refractivity contribution in [1.29, 1.82) is 5.26 Å². The number of rotatable bonds is 5. The number of benzene rings is 3. The van der Waals surface area contributed by atoms with E-state index in [1.807, 2.05) is 18.2 Å². The molecule has 0 bridgehead atoms. The number of hydrogen-bond donors (Lipinski definition) is 0. The number of piperazine rings is 1. The maximum absolute atomic E-state index is 9.12. The third kappa shape index (κ3) is 4.84. The second kappa shape index (κ2) is 9.77. The van der Waals surface area contributed by atoms with Crippen LogP contribution in [0.5, 0.6) is 0 Å². The lowest BCUT2D eigenvalue weighted by molar-refractivity contribution is 0.250. The van der Waals surface area contributed by atoms with Gasteiger partial charge in [0.2, 0.25) is 0 Å². The second-order valence-electron chi connectivity index (χ2n) is 8.58. The molecule has 164 valence electrons. The van der Waals surface area contributed by atoms with Crippen molar-refractivity contribution in [3.05, 3.63) is 120 Å². The molecule has 0 saturated carbocycles. The van der Waals surface area contributed by atoms with Gasteiger partial charge in [-0.25, -0.2) is 0 Å². The zero-order chi connectivity index (χ0) is 22.5. The lowest BCUT2D eigenvalue weighted by atomic mass is 10.0. The highest BCUT2D eigenvalue weighted by Gasteiger charge is 2.20. The Hall–Kier alpha value is -3.81. The highest BCUT2D eigenvalue weighted by atomic mass is 15.3. The molecule has 0 aromatic heterocycles. The average molecular weight is 433 g/mol. The minimum Gasteiger partial charge on any atom is -0.369 e. The molecule has 5 rings (SSSR count). The van der Waals surface area contributed by atoms with Crippen LogP contribution in [-0.4, -0.2) is 31.1 Å². The van der Waals surface area contributed by atoms with Gasteiger partial charge in [0.1, 0.15) is 0 Å². The Balaban J connectivity index is 1.22. The zero-order valence-corrected chi connectivity index (χ0v) is 18.7. The fourth-order valence-electron chi connectivity index (χ4n) is 4.66. The molecule has 1 atom stereocenters. The van der Waals surface area contributed by atoms with Gasteiger partial charge in [0.05, 0.1) is 17.7 Å². The van der Waals surface area contributed by atoms with Gasteiger partial charge in [-0.1, -0.05) is 54.6 Å². The van der Waals surface area contributed by atoms with Gasteiger partial charge in [-0.2, -0.15) is 5.26 Å². The molecule has 0 N–H and O–H groups in total. The van der Waals surface area contributed by atoms with E-state index in [2.05, 4.69) is 106 Å². The molecular weight excluding hydrogens is 404 g/mol. The van der Waals surface area contributed by atoms with Crippen LogP contribution in [0.1, 0.15) is 22.7 Å². The number of nitriles is 1. The molecule has 3 aromatic carbocycles. The third-order valence-corrected chi connectivity index (χ3v) is 6.44. The van der Waals surface area contributed by atoms with Gasteiger partial charge < -0.3 is 9.80 Å². The highest BCUT2D eigenvalue weighted by Crippen LogP contribution is 2.32. The van der Waals surface area contributed by atoms with E-state index < -0.39 is 0 Å². The first-order valence-corrected chi connectivity index (χ1v) is 11.5. The van der Waals surface area contributed by atoms with Crippen molar-refractivity contribution in [3.8, 4) is 6.07 Å². The van der Waals surface area contributed by atoms with E-state index >= 15 is 0 Å². The van der Waals surface area contributed by atoms with Crippen molar-refractivity contribution in [3.63, 3.8) is 0 Å². The smallest absolute Gasteiger partial charge is 0.0991 e. The Kier molecular flexibility index (Phi) is 6.23. The molecule has 2 aliphatic heterocycles. The SMILES string of the molecule is N#Cc1cccc(CN2CCN(c3ccc(N4C=CC=CC4c4ccccc4)cc3)CC2)c1. The molecule has 0 aliphatic carbocycles. The summed E-state index contributed by atoms with van der Waals surface area (Å²) >= 11 is 0. The predicted molar refractivity (Wildman–Crippen MR) is 135 cm³/mol. The molecule has 1 fully saturated rings. The maximum Gasteiger partial charge on any atom is 0.0991 e. The first kappa shape index (κ1) is 21.1. The molecule has 0 radical (unpaired) electrons. The molecule has 4 heteroatoms. The lowest BCUT2D eigenvalue weighted by Gasteiger charge is -2.36. The van der Waals surface area contributed by atoms with Gasteiger partial charge in [-0.05, 0) is 53.6 Å². The summed E-state index contributed by atoms with van der Waals surface area (Å²) in [6.45, 7) is 4.97. The van der Waals surface area contributed by atoms with Crippen LogP contribution in [0.3, 0.4) is 0 Å². The second-order valence-corrected chi connectivity index (χ2v) is 8.58. The van der Waals surface area contributed by atoms with E-state index in [1.54, 1.807) is 0 Å². The third-order valence-electron chi connectivity index (χ3n) is 6.44. The largest absolute Gasteiger partial charge is 0.369 e. The molecular formula is C29H28N4. The van der Waals surface area contributed by atoms with Crippen molar-refractivity contribution in [1.82, 2.24) is 4.90 Å². The number of anilines is 2.